The van der Waals surface area contributed by atoms with Gasteiger partial charge in [-0.25, -0.2) is 4.79 Å². The van der Waals surface area contributed by atoms with Gasteiger partial charge in [-0.05, 0) is 38.3 Å². The first-order valence-electron chi connectivity index (χ1n) is 11.7. The number of amides is 1. The van der Waals surface area contributed by atoms with Crippen molar-refractivity contribution in [2.24, 2.45) is 0 Å². The average molecular weight is 541 g/mol. The molecule has 0 fully saturated rings. The van der Waals surface area contributed by atoms with Gasteiger partial charge in [0.05, 0.1) is 12.4 Å². The third-order valence-corrected chi connectivity index (χ3v) is 8.51. The third kappa shape index (κ3) is 5.55. The van der Waals surface area contributed by atoms with Crippen molar-refractivity contribution in [2.45, 2.75) is 45.8 Å². The van der Waals surface area contributed by atoms with Crippen molar-refractivity contribution in [1.29, 1.82) is 0 Å². The van der Waals surface area contributed by atoms with Crippen LogP contribution >= 0.6 is 34.4 Å². The second kappa shape index (κ2) is 11.9. The predicted molar refractivity (Wildman–Crippen MR) is 148 cm³/mol. The molecule has 0 aliphatic carbocycles. The number of anilines is 1. The van der Waals surface area contributed by atoms with Gasteiger partial charge in [0.1, 0.15) is 10.6 Å². The number of thiophene rings is 2. The van der Waals surface area contributed by atoms with Gasteiger partial charge in [-0.1, -0.05) is 49.0 Å². The first kappa shape index (κ1) is 26.1. The molecule has 1 N–H and O–H groups in total. The zero-order valence-electron chi connectivity index (χ0n) is 20.7. The SMILES string of the molecule is CCCn1c(SCC(=O)Nc2scc(-c3ccccc3)c2C(=O)OCC)nnc1-c1csc(C)c1C. The maximum Gasteiger partial charge on any atom is 0.341 e. The van der Waals surface area contributed by atoms with Gasteiger partial charge in [-0.2, -0.15) is 0 Å². The summed E-state index contributed by atoms with van der Waals surface area (Å²) in [5.74, 6) is 0.304. The van der Waals surface area contributed by atoms with Crippen molar-refractivity contribution >= 4 is 51.3 Å². The van der Waals surface area contributed by atoms with Gasteiger partial charge in [-0.3, -0.25) is 4.79 Å². The van der Waals surface area contributed by atoms with Crippen LogP contribution in [0, 0.1) is 13.8 Å². The lowest BCUT2D eigenvalue weighted by Crippen LogP contribution is -2.17. The van der Waals surface area contributed by atoms with E-state index < -0.39 is 5.97 Å². The number of nitrogens with zero attached hydrogens (tertiary/aromatic N) is 3. The summed E-state index contributed by atoms with van der Waals surface area (Å²) in [5.41, 5.74) is 4.31. The Balaban J connectivity index is 1.52. The molecule has 0 unspecified atom stereocenters. The minimum Gasteiger partial charge on any atom is -0.462 e. The van der Waals surface area contributed by atoms with Gasteiger partial charge in [0.2, 0.25) is 5.91 Å². The monoisotopic (exact) mass is 540 g/mol. The highest BCUT2D eigenvalue weighted by atomic mass is 32.2. The lowest BCUT2D eigenvalue weighted by Gasteiger charge is -2.10. The van der Waals surface area contributed by atoms with E-state index >= 15 is 0 Å². The average Bonchev–Trinajstić information content (AvgIpc) is 3.56. The molecule has 1 amide bonds. The van der Waals surface area contributed by atoms with Crippen LogP contribution in [0.25, 0.3) is 22.5 Å². The van der Waals surface area contributed by atoms with E-state index in [0.717, 1.165) is 35.5 Å². The number of hydrogen-bond donors (Lipinski definition) is 1. The summed E-state index contributed by atoms with van der Waals surface area (Å²) in [6, 6.07) is 9.61. The largest absolute Gasteiger partial charge is 0.462 e. The first-order chi connectivity index (χ1) is 17.4. The number of benzene rings is 1. The standard InChI is InChI=1S/C26H28N4O3S3/c1-5-12-30-23(19-13-34-17(4)16(19)3)28-29-26(30)36-15-21(31)27-24-22(25(32)33-6-2)20(14-35-24)18-10-8-7-9-11-18/h7-11,13-14H,5-6,12,15H2,1-4H3,(H,27,31). The molecule has 4 rings (SSSR count). The van der Waals surface area contributed by atoms with Gasteiger partial charge in [-0.15, -0.1) is 32.9 Å². The number of thioether (sulfide) groups is 1. The molecule has 188 valence electrons. The molecule has 3 heterocycles. The zero-order valence-corrected chi connectivity index (χ0v) is 23.1. The molecule has 4 aromatic rings. The van der Waals surface area contributed by atoms with E-state index in [-0.39, 0.29) is 18.3 Å². The Morgan fingerprint density at radius 2 is 1.81 bits per heavy atom. The van der Waals surface area contributed by atoms with Crippen LogP contribution in [0.1, 0.15) is 41.1 Å². The Labute approximate surface area is 222 Å². The van der Waals surface area contributed by atoms with E-state index in [4.69, 9.17) is 4.74 Å². The quantitative estimate of drug-likeness (QED) is 0.179. The van der Waals surface area contributed by atoms with Crippen LogP contribution in [-0.4, -0.2) is 39.0 Å². The van der Waals surface area contributed by atoms with E-state index in [9.17, 15) is 9.59 Å². The van der Waals surface area contributed by atoms with Gasteiger partial charge in [0.15, 0.2) is 11.0 Å². The van der Waals surface area contributed by atoms with Gasteiger partial charge in [0.25, 0.3) is 0 Å². The molecule has 7 nitrogen and oxygen atoms in total. The molecule has 0 bridgehead atoms. The Morgan fingerprint density at radius 1 is 1.06 bits per heavy atom. The number of ether oxygens (including phenoxy) is 1. The van der Waals surface area contributed by atoms with E-state index in [2.05, 4.69) is 46.2 Å². The van der Waals surface area contributed by atoms with Gasteiger partial charge >= 0.3 is 5.97 Å². The van der Waals surface area contributed by atoms with Crippen LogP contribution in [0.4, 0.5) is 5.00 Å². The second-order valence-electron chi connectivity index (χ2n) is 8.07. The van der Waals surface area contributed by atoms with Crippen LogP contribution in [0.15, 0.2) is 46.2 Å². The lowest BCUT2D eigenvalue weighted by atomic mass is 10.0. The lowest BCUT2D eigenvalue weighted by molar-refractivity contribution is -0.113. The van der Waals surface area contributed by atoms with E-state index in [1.807, 2.05) is 35.7 Å². The van der Waals surface area contributed by atoms with Crippen LogP contribution in [0.3, 0.4) is 0 Å². The summed E-state index contributed by atoms with van der Waals surface area (Å²) in [7, 11) is 0. The number of hydrogen-bond acceptors (Lipinski definition) is 8. The van der Waals surface area contributed by atoms with Crippen LogP contribution < -0.4 is 5.32 Å². The van der Waals surface area contributed by atoms with Crippen molar-refractivity contribution in [2.75, 3.05) is 17.7 Å². The van der Waals surface area contributed by atoms with Crippen LogP contribution in [0.2, 0.25) is 0 Å². The van der Waals surface area contributed by atoms with Crippen LogP contribution in [0.5, 0.6) is 0 Å². The highest BCUT2D eigenvalue weighted by molar-refractivity contribution is 7.99. The molecule has 0 spiro atoms. The highest BCUT2D eigenvalue weighted by Crippen LogP contribution is 2.37. The molecule has 0 aliphatic rings. The second-order valence-corrected chi connectivity index (χ2v) is 11.0. The molecular formula is C26H28N4O3S3. The highest BCUT2D eigenvalue weighted by Gasteiger charge is 2.23. The van der Waals surface area contributed by atoms with E-state index in [1.165, 1.54) is 33.5 Å². The topological polar surface area (TPSA) is 86.1 Å². The minimum absolute atomic E-state index is 0.143. The summed E-state index contributed by atoms with van der Waals surface area (Å²) < 4.78 is 7.37. The summed E-state index contributed by atoms with van der Waals surface area (Å²) in [6.07, 6.45) is 0.924. The van der Waals surface area contributed by atoms with E-state index in [0.29, 0.717) is 15.7 Å². The van der Waals surface area contributed by atoms with Gasteiger partial charge in [0, 0.05) is 33.3 Å². The summed E-state index contributed by atoms with van der Waals surface area (Å²) >= 11 is 4.36. The van der Waals surface area contributed by atoms with Crippen molar-refractivity contribution < 1.29 is 14.3 Å². The molecule has 0 aliphatic heterocycles. The van der Waals surface area contributed by atoms with Crippen molar-refractivity contribution in [3.63, 3.8) is 0 Å². The Bertz CT molecular complexity index is 1360. The number of carbonyl (C=O) groups excluding carboxylic acids is 2. The first-order valence-corrected chi connectivity index (χ1v) is 14.4. The predicted octanol–water partition coefficient (Wildman–Crippen LogP) is 6.67. The van der Waals surface area contributed by atoms with Crippen molar-refractivity contribution in [3.05, 3.63) is 57.1 Å². The Hall–Kier alpha value is -2.95. The molecule has 1 aromatic carbocycles. The molecular weight excluding hydrogens is 513 g/mol. The number of rotatable bonds is 10. The number of carbonyl (C=O) groups is 2. The normalized spacial score (nSPS) is 11.0. The number of aryl methyl sites for hydroxylation is 1. The minimum atomic E-state index is -0.450. The summed E-state index contributed by atoms with van der Waals surface area (Å²) in [5, 5.41) is 16.9. The van der Waals surface area contributed by atoms with Crippen molar-refractivity contribution in [1.82, 2.24) is 14.8 Å². The number of esters is 1. The Kier molecular flexibility index (Phi) is 8.60. The molecule has 0 atom stereocenters. The molecule has 10 heteroatoms. The smallest absolute Gasteiger partial charge is 0.341 e. The van der Waals surface area contributed by atoms with E-state index in [1.54, 1.807) is 18.3 Å². The third-order valence-electron chi connectivity index (χ3n) is 5.63. The number of aromatic nitrogens is 3. The fourth-order valence-corrected chi connectivity index (χ4v) is 6.33. The Morgan fingerprint density at radius 3 is 2.47 bits per heavy atom. The maximum atomic E-state index is 12.9. The molecule has 0 saturated heterocycles. The summed E-state index contributed by atoms with van der Waals surface area (Å²) in [6.45, 7) is 9.08. The van der Waals surface area contributed by atoms with Crippen LogP contribution in [-0.2, 0) is 16.1 Å². The molecule has 0 saturated carbocycles. The summed E-state index contributed by atoms with van der Waals surface area (Å²) in [4.78, 5) is 27.0. The zero-order chi connectivity index (χ0) is 25.7. The van der Waals surface area contributed by atoms with Gasteiger partial charge < -0.3 is 14.6 Å². The molecule has 3 aromatic heterocycles. The molecule has 0 radical (unpaired) electrons. The molecule has 36 heavy (non-hydrogen) atoms. The van der Waals surface area contributed by atoms with Crippen molar-refractivity contribution in [3.8, 4) is 22.5 Å². The fourth-order valence-electron chi connectivity index (χ4n) is 3.73. The fraction of sp³-hybridized carbons (Fsp3) is 0.308. The number of nitrogens with one attached hydrogen (secondary N) is 1. The maximum absolute atomic E-state index is 12.9.